The van der Waals surface area contributed by atoms with Crippen LogP contribution >= 0.6 is 0 Å². The van der Waals surface area contributed by atoms with E-state index >= 15 is 0 Å². The average molecular weight is 236 g/mol. The SMILES string of the molecule is CN1CCC(F)(Cc2ccccc2CN)CC1. The second-order valence-electron chi connectivity index (χ2n) is 5.10. The van der Waals surface area contributed by atoms with Gasteiger partial charge in [-0.05, 0) is 31.0 Å². The summed E-state index contributed by atoms with van der Waals surface area (Å²) in [4.78, 5) is 2.19. The molecule has 17 heavy (non-hydrogen) atoms. The van der Waals surface area contributed by atoms with Gasteiger partial charge in [0.2, 0.25) is 0 Å². The highest BCUT2D eigenvalue weighted by molar-refractivity contribution is 5.28. The lowest BCUT2D eigenvalue weighted by molar-refractivity contribution is 0.0696. The highest BCUT2D eigenvalue weighted by Crippen LogP contribution is 2.30. The van der Waals surface area contributed by atoms with Gasteiger partial charge in [-0.15, -0.1) is 0 Å². The summed E-state index contributed by atoms with van der Waals surface area (Å²) in [5.74, 6) is 0. The van der Waals surface area contributed by atoms with Gasteiger partial charge >= 0.3 is 0 Å². The number of hydrogen-bond acceptors (Lipinski definition) is 2. The molecule has 2 nitrogen and oxygen atoms in total. The molecule has 0 aliphatic carbocycles. The topological polar surface area (TPSA) is 29.3 Å². The van der Waals surface area contributed by atoms with Crippen LogP contribution < -0.4 is 5.73 Å². The largest absolute Gasteiger partial charge is 0.326 e. The smallest absolute Gasteiger partial charge is 0.117 e. The molecule has 1 aromatic carbocycles. The van der Waals surface area contributed by atoms with Gasteiger partial charge in [-0.1, -0.05) is 24.3 Å². The van der Waals surface area contributed by atoms with E-state index in [1.807, 2.05) is 31.3 Å². The molecule has 0 radical (unpaired) electrons. The summed E-state index contributed by atoms with van der Waals surface area (Å²) < 4.78 is 14.7. The first-order valence-electron chi connectivity index (χ1n) is 6.27. The number of hydrogen-bond donors (Lipinski definition) is 1. The van der Waals surface area contributed by atoms with Crippen LogP contribution in [0.4, 0.5) is 4.39 Å². The Balaban J connectivity index is 2.09. The molecule has 0 amide bonds. The van der Waals surface area contributed by atoms with E-state index in [-0.39, 0.29) is 0 Å². The number of alkyl halides is 1. The fraction of sp³-hybridized carbons (Fsp3) is 0.571. The molecule has 0 unspecified atom stereocenters. The minimum absolute atomic E-state index is 0.492. The number of rotatable bonds is 3. The molecular formula is C14H21FN2. The first-order valence-corrected chi connectivity index (χ1v) is 6.27. The maximum Gasteiger partial charge on any atom is 0.117 e. The predicted octanol–water partition coefficient (Wildman–Crippen LogP) is 2.12. The molecule has 1 saturated heterocycles. The Hall–Kier alpha value is -0.930. The molecule has 2 rings (SSSR count). The third kappa shape index (κ3) is 3.05. The van der Waals surface area contributed by atoms with Crippen molar-refractivity contribution in [2.24, 2.45) is 5.73 Å². The van der Waals surface area contributed by atoms with Gasteiger partial charge in [-0.25, -0.2) is 4.39 Å². The number of nitrogens with two attached hydrogens (primary N) is 1. The zero-order valence-corrected chi connectivity index (χ0v) is 10.5. The Morgan fingerprint density at radius 2 is 1.82 bits per heavy atom. The van der Waals surface area contributed by atoms with Gasteiger partial charge in [-0.2, -0.15) is 0 Å². The number of benzene rings is 1. The van der Waals surface area contributed by atoms with Crippen LogP contribution in [0.2, 0.25) is 0 Å². The molecule has 0 saturated carbocycles. The lowest BCUT2D eigenvalue weighted by Gasteiger charge is -2.35. The molecule has 0 spiro atoms. The van der Waals surface area contributed by atoms with E-state index in [2.05, 4.69) is 4.90 Å². The normalized spacial score (nSPS) is 20.4. The first-order chi connectivity index (χ1) is 8.13. The van der Waals surface area contributed by atoms with E-state index in [4.69, 9.17) is 5.73 Å². The summed E-state index contributed by atoms with van der Waals surface area (Å²) >= 11 is 0. The van der Waals surface area contributed by atoms with Crippen molar-refractivity contribution in [3.05, 3.63) is 35.4 Å². The first kappa shape index (κ1) is 12.5. The summed E-state index contributed by atoms with van der Waals surface area (Å²) in [7, 11) is 2.05. The summed E-state index contributed by atoms with van der Waals surface area (Å²) in [6, 6.07) is 7.92. The minimum Gasteiger partial charge on any atom is -0.326 e. The Morgan fingerprint density at radius 3 is 2.41 bits per heavy atom. The highest BCUT2D eigenvalue weighted by atomic mass is 19.1. The number of likely N-dealkylation sites (tertiary alicyclic amines) is 1. The van der Waals surface area contributed by atoms with Crippen molar-refractivity contribution < 1.29 is 4.39 Å². The number of piperidine rings is 1. The van der Waals surface area contributed by atoms with Crippen molar-refractivity contribution in [1.82, 2.24) is 4.90 Å². The summed E-state index contributed by atoms with van der Waals surface area (Å²) in [6.07, 6.45) is 1.76. The van der Waals surface area contributed by atoms with E-state index < -0.39 is 5.67 Å². The van der Waals surface area contributed by atoms with Crippen LogP contribution in [0.25, 0.3) is 0 Å². The lowest BCUT2D eigenvalue weighted by atomic mass is 9.85. The van der Waals surface area contributed by atoms with Crippen LogP contribution in [0.5, 0.6) is 0 Å². The number of nitrogens with zero attached hydrogens (tertiary/aromatic N) is 1. The third-order valence-electron chi connectivity index (χ3n) is 3.73. The van der Waals surface area contributed by atoms with Gasteiger partial charge in [0.15, 0.2) is 0 Å². The van der Waals surface area contributed by atoms with Gasteiger partial charge in [0.1, 0.15) is 5.67 Å². The average Bonchev–Trinajstić information content (AvgIpc) is 2.34. The van der Waals surface area contributed by atoms with Gasteiger partial charge in [0.05, 0.1) is 0 Å². The highest BCUT2D eigenvalue weighted by Gasteiger charge is 2.33. The van der Waals surface area contributed by atoms with Crippen molar-refractivity contribution in [1.29, 1.82) is 0 Å². The third-order valence-corrected chi connectivity index (χ3v) is 3.73. The second-order valence-corrected chi connectivity index (χ2v) is 5.10. The van der Waals surface area contributed by atoms with Gasteiger partial charge in [-0.3, -0.25) is 0 Å². The van der Waals surface area contributed by atoms with Gasteiger partial charge in [0.25, 0.3) is 0 Å². The maximum atomic E-state index is 14.7. The minimum atomic E-state index is -1.04. The molecular weight excluding hydrogens is 215 g/mol. The molecule has 0 aromatic heterocycles. The molecule has 0 bridgehead atoms. The molecule has 2 N–H and O–H groups in total. The van der Waals surface area contributed by atoms with E-state index in [1.54, 1.807) is 0 Å². The van der Waals surface area contributed by atoms with Crippen LogP contribution in [0.1, 0.15) is 24.0 Å². The van der Waals surface area contributed by atoms with Crippen LogP contribution in [-0.2, 0) is 13.0 Å². The Morgan fingerprint density at radius 1 is 1.24 bits per heavy atom. The van der Waals surface area contributed by atoms with Crippen LogP contribution in [0.15, 0.2) is 24.3 Å². The van der Waals surface area contributed by atoms with Crippen molar-refractivity contribution in [3.63, 3.8) is 0 Å². The molecule has 1 fully saturated rings. The Kier molecular flexibility index (Phi) is 3.79. The fourth-order valence-corrected chi connectivity index (χ4v) is 2.47. The zero-order valence-electron chi connectivity index (χ0n) is 10.5. The van der Waals surface area contributed by atoms with Crippen LogP contribution in [0, 0.1) is 0 Å². The molecule has 1 aliphatic rings. The second kappa shape index (κ2) is 5.15. The molecule has 94 valence electrons. The molecule has 1 heterocycles. The lowest BCUT2D eigenvalue weighted by Crippen LogP contribution is -2.41. The fourth-order valence-electron chi connectivity index (χ4n) is 2.47. The van der Waals surface area contributed by atoms with Crippen molar-refractivity contribution in [2.75, 3.05) is 20.1 Å². The van der Waals surface area contributed by atoms with E-state index in [0.29, 0.717) is 25.8 Å². The van der Waals surface area contributed by atoms with Crippen molar-refractivity contribution in [3.8, 4) is 0 Å². The standard InChI is InChI=1S/C14H21FN2/c1-17-8-6-14(15,7-9-17)10-12-4-2-3-5-13(12)11-16/h2-5H,6-11,16H2,1H3. The van der Waals surface area contributed by atoms with Crippen molar-refractivity contribution in [2.45, 2.75) is 31.5 Å². The van der Waals surface area contributed by atoms with E-state index in [9.17, 15) is 4.39 Å². The monoisotopic (exact) mass is 236 g/mol. The van der Waals surface area contributed by atoms with E-state index in [0.717, 1.165) is 24.2 Å². The number of halogens is 1. The predicted molar refractivity (Wildman–Crippen MR) is 68.6 cm³/mol. The quantitative estimate of drug-likeness (QED) is 0.871. The van der Waals surface area contributed by atoms with Gasteiger partial charge < -0.3 is 10.6 Å². The van der Waals surface area contributed by atoms with Crippen molar-refractivity contribution >= 4 is 0 Å². The summed E-state index contributed by atoms with van der Waals surface area (Å²) in [6.45, 7) is 2.19. The summed E-state index contributed by atoms with van der Waals surface area (Å²) in [5, 5.41) is 0. The molecule has 1 aromatic rings. The molecule has 3 heteroatoms. The Labute approximate surface area is 103 Å². The summed E-state index contributed by atoms with van der Waals surface area (Å²) in [5.41, 5.74) is 6.79. The van der Waals surface area contributed by atoms with Crippen LogP contribution in [-0.4, -0.2) is 30.7 Å². The van der Waals surface area contributed by atoms with Crippen LogP contribution in [0.3, 0.4) is 0 Å². The molecule has 1 aliphatic heterocycles. The Bertz CT molecular complexity index is 370. The van der Waals surface area contributed by atoms with E-state index in [1.165, 1.54) is 0 Å². The zero-order chi connectivity index (χ0) is 12.3. The van der Waals surface area contributed by atoms with Gasteiger partial charge in [0, 0.05) is 26.1 Å². The molecule has 0 atom stereocenters. The maximum absolute atomic E-state index is 14.7.